The molecule has 4 N–H and O–H groups in total. The fourth-order valence-electron chi connectivity index (χ4n) is 7.27. The monoisotopic (exact) mass is 846 g/mol. The number of pyridine rings is 2. The van der Waals surface area contributed by atoms with Gasteiger partial charge in [0.05, 0.1) is 17.1 Å². The van der Waals surface area contributed by atoms with Crippen LogP contribution < -0.4 is 15.4 Å². The molecular weight excluding hydrogens is 803 g/mol. The topological polar surface area (TPSA) is 134 Å². The van der Waals surface area contributed by atoms with Gasteiger partial charge in [-0.3, -0.25) is 19.6 Å². The summed E-state index contributed by atoms with van der Waals surface area (Å²) < 4.78 is 20.2. The molecule has 62 heavy (non-hydrogen) atoms. The van der Waals surface area contributed by atoms with Crippen LogP contribution in [0.5, 0.6) is 17.2 Å². The highest BCUT2D eigenvalue weighted by Crippen LogP contribution is 2.39. The van der Waals surface area contributed by atoms with E-state index in [2.05, 4.69) is 32.7 Å². The summed E-state index contributed by atoms with van der Waals surface area (Å²) in [5.74, 6) is -0.596. The molecule has 8 rings (SSSR count). The van der Waals surface area contributed by atoms with Crippen molar-refractivity contribution in [1.82, 2.24) is 20.6 Å². The first-order valence-corrected chi connectivity index (χ1v) is 20.5. The Kier molecular flexibility index (Phi) is 14.0. The van der Waals surface area contributed by atoms with Gasteiger partial charge in [0.25, 0.3) is 5.91 Å². The zero-order valence-electron chi connectivity index (χ0n) is 33.8. The van der Waals surface area contributed by atoms with Crippen LogP contribution in [0.1, 0.15) is 58.3 Å². The third kappa shape index (κ3) is 10.3. The van der Waals surface area contributed by atoms with Gasteiger partial charge in [0, 0.05) is 40.7 Å². The molecule has 0 radical (unpaired) electrons. The molecule has 9 nitrogen and oxygen atoms in total. The summed E-state index contributed by atoms with van der Waals surface area (Å²) in [4.78, 5) is 33.9. The molecule has 2 unspecified atom stereocenters. The molecule has 0 saturated carbocycles. The van der Waals surface area contributed by atoms with Crippen molar-refractivity contribution in [2.45, 2.75) is 38.3 Å². The number of aryl methyl sites for hydroxylation is 2. The number of nitrogens with one attached hydrogen (secondary N) is 2. The third-order valence-electron chi connectivity index (χ3n) is 10.4. The second kappa shape index (κ2) is 20.3. The van der Waals surface area contributed by atoms with E-state index in [4.69, 9.17) is 16.3 Å². The SMILES string of the molecule is Cc1ccccc1C(NC(=O)CCCc1ccccc1)c1cc(Cl)c2cccnc2c1O.O=C(COc1ccccc1)NC(c1ccccc1)c1cc(F)c2cccnc2c1O. The van der Waals surface area contributed by atoms with Crippen molar-refractivity contribution >= 4 is 45.2 Å². The Hall–Kier alpha value is -7.30. The van der Waals surface area contributed by atoms with Crippen molar-refractivity contribution in [2.24, 2.45) is 0 Å². The molecule has 0 fully saturated rings. The van der Waals surface area contributed by atoms with Gasteiger partial charge in [-0.05, 0) is 90.6 Å². The Balaban J connectivity index is 0.000000187. The number of aromatic hydroxyl groups is 2. The van der Waals surface area contributed by atoms with E-state index in [9.17, 15) is 24.2 Å². The van der Waals surface area contributed by atoms with Gasteiger partial charge in [0.1, 0.15) is 34.1 Å². The molecule has 0 aliphatic rings. The van der Waals surface area contributed by atoms with Gasteiger partial charge in [-0.1, -0.05) is 115 Å². The molecule has 0 aliphatic heterocycles. The van der Waals surface area contributed by atoms with E-state index in [1.165, 1.54) is 17.8 Å². The zero-order valence-corrected chi connectivity index (χ0v) is 34.6. The standard InChI is InChI=1S/C27H25ClN2O2.C24H19FN2O3/c1-18-9-5-6-13-20(18)25(30-24(31)15-7-12-19-10-3-2-4-11-19)22-17-23(28)21-14-8-16-29-26(21)27(22)32;25-20-14-19(24(29)23-18(20)12-7-13-26-23)22(16-8-3-1-4-9-16)27-21(28)15-30-17-10-5-2-6-11-17/h2-6,8-11,13-14,16-17,25,32H,7,12,15H2,1H3,(H,30,31);1-14,22,29H,15H2,(H,27,28). The lowest BCUT2D eigenvalue weighted by Gasteiger charge is -2.23. The van der Waals surface area contributed by atoms with Gasteiger partial charge in [-0.2, -0.15) is 0 Å². The Morgan fingerprint density at radius 2 is 1.23 bits per heavy atom. The first-order chi connectivity index (χ1) is 30.2. The molecule has 2 amide bonds. The zero-order chi connectivity index (χ0) is 43.4. The number of ether oxygens (including phenoxy) is 1. The van der Waals surface area contributed by atoms with E-state index in [1.54, 1.807) is 54.7 Å². The largest absolute Gasteiger partial charge is 0.505 e. The Morgan fingerprint density at radius 1 is 0.661 bits per heavy atom. The van der Waals surface area contributed by atoms with E-state index in [0.717, 1.165) is 24.0 Å². The average molecular weight is 847 g/mol. The van der Waals surface area contributed by atoms with Crippen LogP contribution in [-0.2, 0) is 16.0 Å². The molecule has 312 valence electrons. The van der Waals surface area contributed by atoms with Crippen LogP contribution >= 0.6 is 11.6 Å². The lowest BCUT2D eigenvalue weighted by molar-refractivity contribution is -0.123. The summed E-state index contributed by atoms with van der Waals surface area (Å²) >= 11 is 6.53. The molecule has 2 heterocycles. The summed E-state index contributed by atoms with van der Waals surface area (Å²) in [5, 5.41) is 29.2. The molecule has 6 aromatic carbocycles. The minimum Gasteiger partial charge on any atom is -0.505 e. The number of carbonyl (C=O) groups excluding carboxylic acids is 2. The van der Waals surface area contributed by atoms with E-state index in [-0.39, 0.29) is 40.5 Å². The number of carbonyl (C=O) groups is 2. The molecule has 2 atom stereocenters. The minimum atomic E-state index is -0.779. The third-order valence-corrected chi connectivity index (χ3v) is 10.7. The minimum absolute atomic E-state index is 0.0304. The van der Waals surface area contributed by atoms with Crippen LogP contribution in [0.25, 0.3) is 21.8 Å². The Morgan fingerprint density at radius 3 is 1.90 bits per heavy atom. The van der Waals surface area contributed by atoms with Crippen LogP contribution in [-0.4, -0.2) is 38.6 Å². The number of halogens is 2. The number of para-hydroxylation sites is 1. The van der Waals surface area contributed by atoms with Gasteiger partial charge in [0.2, 0.25) is 5.91 Å². The van der Waals surface area contributed by atoms with Gasteiger partial charge in [0.15, 0.2) is 6.61 Å². The predicted molar refractivity (Wildman–Crippen MR) is 241 cm³/mol. The molecule has 2 aromatic heterocycles. The average Bonchev–Trinajstić information content (AvgIpc) is 3.31. The van der Waals surface area contributed by atoms with Gasteiger partial charge >= 0.3 is 0 Å². The molecule has 8 aromatic rings. The van der Waals surface area contributed by atoms with Crippen molar-refractivity contribution in [2.75, 3.05) is 6.61 Å². The smallest absolute Gasteiger partial charge is 0.258 e. The van der Waals surface area contributed by atoms with Gasteiger partial charge in [-0.25, -0.2) is 4.39 Å². The molecule has 0 bridgehead atoms. The first-order valence-electron chi connectivity index (χ1n) is 20.1. The van der Waals surface area contributed by atoms with Crippen LogP contribution in [0.3, 0.4) is 0 Å². The molecular formula is C51H44ClFN4O5. The van der Waals surface area contributed by atoms with Crippen LogP contribution in [0.4, 0.5) is 4.39 Å². The number of aromatic nitrogens is 2. The van der Waals surface area contributed by atoms with E-state index in [0.29, 0.717) is 39.2 Å². The summed E-state index contributed by atoms with van der Waals surface area (Å²) in [6.45, 7) is 1.77. The number of nitrogens with zero attached hydrogens (tertiary/aromatic N) is 2. The van der Waals surface area contributed by atoms with E-state index in [1.807, 2.05) is 91.9 Å². The summed E-state index contributed by atoms with van der Waals surface area (Å²) in [6.07, 6.45) is 5.06. The Bertz CT molecular complexity index is 2790. The fourth-order valence-corrected chi connectivity index (χ4v) is 7.54. The number of amides is 2. The first kappa shape index (κ1) is 42.8. The lowest BCUT2D eigenvalue weighted by atomic mass is 9.93. The second-order valence-corrected chi connectivity index (χ2v) is 15.0. The number of hydrogen-bond donors (Lipinski definition) is 4. The van der Waals surface area contributed by atoms with E-state index < -0.39 is 23.8 Å². The van der Waals surface area contributed by atoms with E-state index >= 15 is 0 Å². The number of benzene rings is 6. The number of fused-ring (bicyclic) bond motifs is 2. The van der Waals surface area contributed by atoms with Crippen LogP contribution in [0.15, 0.2) is 164 Å². The number of phenols is 2. The highest BCUT2D eigenvalue weighted by atomic mass is 35.5. The quantitative estimate of drug-likeness (QED) is 0.0908. The number of phenolic OH excluding ortho intramolecular Hbond substituents is 2. The summed E-state index contributed by atoms with van der Waals surface area (Å²) in [7, 11) is 0. The molecule has 0 spiro atoms. The van der Waals surface area contributed by atoms with Crippen LogP contribution in [0.2, 0.25) is 5.02 Å². The summed E-state index contributed by atoms with van der Waals surface area (Å²) in [5.41, 5.74) is 5.14. The number of rotatable bonds is 13. The highest BCUT2D eigenvalue weighted by Gasteiger charge is 2.26. The highest BCUT2D eigenvalue weighted by molar-refractivity contribution is 6.35. The molecule has 0 aliphatic carbocycles. The lowest BCUT2D eigenvalue weighted by Crippen LogP contribution is -2.33. The number of hydrogen-bond acceptors (Lipinski definition) is 7. The van der Waals surface area contributed by atoms with Crippen molar-refractivity contribution in [3.05, 3.63) is 208 Å². The van der Waals surface area contributed by atoms with Crippen molar-refractivity contribution in [3.8, 4) is 17.2 Å². The summed E-state index contributed by atoms with van der Waals surface area (Å²) in [6, 6.07) is 44.3. The Labute approximate surface area is 363 Å². The maximum atomic E-state index is 14.7. The van der Waals surface area contributed by atoms with Crippen molar-refractivity contribution in [1.29, 1.82) is 0 Å². The van der Waals surface area contributed by atoms with Crippen molar-refractivity contribution in [3.63, 3.8) is 0 Å². The van der Waals surface area contributed by atoms with Gasteiger partial charge < -0.3 is 25.6 Å². The van der Waals surface area contributed by atoms with Gasteiger partial charge in [-0.15, -0.1) is 0 Å². The molecule has 11 heteroatoms. The normalized spacial score (nSPS) is 11.9. The van der Waals surface area contributed by atoms with Crippen LogP contribution in [0, 0.1) is 12.7 Å². The molecule has 0 saturated heterocycles. The van der Waals surface area contributed by atoms with Crippen molar-refractivity contribution < 1.29 is 28.9 Å². The maximum absolute atomic E-state index is 14.7. The second-order valence-electron chi connectivity index (χ2n) is 14.6. The fraction of sp³-hybridized carbons (Fsp3) is 0.137. The predicted octanol–water partition coefficient (Wildman–Crippen LogP) is 10.5. The maximum Gasteiger partial charge on any atom is 0.258 e.